The number of rotatable bonds is 3. The van der Waals surface area contributed by atoms with Crippen LogP contribution in [0.15, 0.2) is 66.7 Å². The summed E-state index contributed by atoms with van der Waals surface area (Å²) in [6, 6.07) is 20.1. The summed E-state index contributed by atoms with van der Waals surface area (Å²) in [5, 5.41) is 4.95. The fourth-order valence-electron chi connectivity index (χ4n) is 2.43. The quantitative estimate of drug-likeness (QED) is 0.747. The molecule has 0 saturated heterocycles. The molecule has 0 aromatic heterocycles. The van der Waals surface area contributed by atoms with Gasteiger partial charge in [0.2, 0.25) is 0 Å². The minimum atomic E-state index is -0.533. The number of hydrogen-bond donors (Lipinski definition) is 1. The van der Waals surface area contributed by atoms with Gasteiger partial charge >= 0.3 is 5.97 Å². The van der Waals surface area contributed by atoms with E-state index < -0.39 is 5.97 Å². The molecule has 1 amide bonds. The van der Waals surface area contributed by atoms with Crippen molar-refractivity contribution in [1.82, 2.24) is 0 Å². The van der Waals surface area contributed by atoms with Gasteiger partial charge < -0.3 is 10.1 Å². The van der Waals surface area contributed by atoms with E-state index in [4.69, 9.17) is 4.74 Å². The average Bonchev–Trinajstić information content (AvgIpc) is 2.61. The molecular formula is C19H15NO3. The van der Waals surface area contributed by atoms with Gasteiger partial charge in [0, 0.05) is 5.69 Å². The van der Waals surface area contributed by atoms with Crippen molar-refractivity contribution in [2.24, 2.45) is 0 Å². The second kappa shape index (κ2) is 6.32. The van der Waals surface area contributed by atoms with E-state index in [1.54, 1.807) is 24.3 Å². The Morgan fingerprint density at radius 1 is 0.826 bits per heavy atom. The Labute approximate surface area is 133 Å². The molecule has 0 fully saturated rings. The number of amides is 1. The summed E-state index contributed by atoms with van der Waals surface area (Å²) in [4.78, 5) is 24.2. The zero-order valence-corrected chi connectivity index (χ0v) is 12.6. The van der Waals surface area contributed by atoms with Gasteiger partial charge in [0.25, 0.3) is 5.91 Å². The van der Waals surface area contributed by atoms with E-state index in [2.05, 4.69) is 5.32 Å². The maximum Gasteiger partial charge on any atom is 0.338 e. The summed E-state index contributed by atoms with van der Waals surface area (Å²) in [7, 11) is 1.29. The van der Waals surface area contributed by atoms with Gasteiger partial charge in [-0.25, -0.2) is 4.79 Å². The molecule has 3 aromatic carbocycles. The Balaban J connectivity index is 1.90. The van der Waals surface area contributed by atoms with Crippen LogP contribution in [0.25, 0.3) is 10.8 Å². The number of benzene rings is 3. The first-order valence-corrected chi connectivity index (χ1v) is 7.16. The van der Waals surface area contributed by atoms with Gasteiger partial charge in [0.1, 0.15) is 0 Å². The fourth-order valence-corrected chi connectivity index (χ4v) is 2.43. The average molecular weight is 305 g/mol. The number of nitrogens with one attached hydrogen (secondary N) is 1. The number of esters is 1. The maximum atomic E-state index is 12.5. The van der Waals surface area contributed by atoms with Crippen molar-refractivity contribution in [1.29, 1.82) is 0 Å². The normalized spacial score (nSPS) is 10.3. The molecule has 0 radical (unpaired) electrons. The Morgan fingerprint density at radius 3 is 2.22 bits per heavy atom. The molecule has 114 valence electrons. The van der Waals surface area contributed by atoms with Crippen molar-refractivity contribution < 1.29 is 14.3 Å². The van der Waals surface area contributed by atoms with Crippen LogP contribution in [0.4, 0.5) is 5.69 Å². The molecule has 0 bridgehead atoms. The minimum Gasteiger partial charge on any atom is -0.465 e. The van der Waals surface area contributed by atoms with Gasteiger partial charge in [-0.3, -0.25) is 4.79 Å². The third-order valence-electron chi connectivity index (χ3n) is 3.58. The first kappa shape index (κ1) is 14.8. The lowest BCUT2D eigenvalue weighted by Crippen LogP contribution is -2.17. The van der Waals surface area contributed by atoms with Crippen molar-refractivity contribution in [2.45, 2.75) is 0 Å². The van der Waals surface area contributed by atoms with Crippen LogP contribution in [0.3, 0.4) is 0 Å². The molecule has 3 rings (SSSR count). The first-order valence-electron chi connectivity index (χ1n) is 7.16. The highest BCUT2D eigenvalue weighted by Crippen LogP contribution is 2.20. The predicted molar refractivity (Wildman–Crippen MR) is 89.7 cm³/mol. The number of methoxy groups -OCH3 is 1. The van der Waals surface area contributed by atoms with E-state index in [1.807, 2.05) is 42.5 Å². The van der Waals surface area contributed by atoms with Crippen molar-refractivity contribution >= 4 is 28.3 Å². The van der Waals surface area contributed by atoms with Gasteiger partial charge in [0.15, 0.2) is 0 Å². The van der Waals surface area contributed by atoms with E-state index >= 15 is 0 Å². The summed E-state index contributed by atoms with van der Waals surface area (Å²) in [6.07, 6.45) is 0. The van der Waals surface area contributed by atoms with E-state index in [0.29, 0.717) is 5.69 Å². The summed E-state index contributed by atoms with van der Waals surface area (Å²) in [6.45, 7) is 0. The molecule has 4 nitrogen and oxygen atoms in total. The molecule has 4 heteroatoms. The molecule has 0 atom stereocenters. The minimum absolute atomic E-state index is 0.244. The molecule has 0 saturated carbocycles. The number of anilines is 1. The van der Waals surface area contributed by atoms with E-state index in [-0.39, 0.29) is 17.0 Å². The van der Waals surface area contributed by atoms with Gasteiger partial charge in [-0.05, 0) is 35.0 Å². The zero-order valence-electron chi connectivity index (χ0n) is 12.6. The SMILES string of the molecule is COC(=O)c1ccccc1C(=O)Nc1ccc2ccccc2c1. The van der Waals surface area contributed by atoms with Crippen LogP contribution < -0.4 is 5.32 Å². The maximum absolute atomic E-state index is 12.5. The molecule has 3 aromatic rings. The summed E-state index contributed by atoms with van der Waals surface area (Å²) < 4.78 is 4.72. The molecule has 0 aliphatic carbocycles. The van der Waals surface area contributed by atoms with Crippen LogP contribution in [0.1, 0.15) is 20.7 Å². The van der Waals surface area contributed by atoms with Crippen LogP contribution in [0, 0.1) is 0 Å². The summed E-state index contributed by atoms with van der Waals surface area (Å²) in [5.41, 5.74) is 1.20. The fraction of sp³-hybridized carbons (Fsp3) is 0.0526. The molecule has 0 unspecified atom stereocenters. The topological polar surface area (TPSA) is 55.4 Å². The Hall–Kier alpha value is -3.14. The molecule has 0 spiro atoms. The number of hydrogen-bond acceptors (Lipinski definition) is 3. The molecule has 1 N–H and O–H groups in total. The highest BCUT2D eigenvalue weighted by atomic mass is 16.5. The van der Waals surface area contributed by atoms with Crippen LogP contribution >= 0.6 is 0 Å². The molecule has 23 heavy (non-hydrogen) atoms. The zero-order chi connectivity index (χ0) is 16.2. The summed E-state index contributed by atoms with van der Waals surface area (Å²) >= 11 is 0. The molecule has 0 aliphatic heterocycles. The van der Waals surface area contributed by atoms with Gasteiger partial charge in [-0.15, -0.1) is 0 Å². The van der Waals surface area contributed by atoms with Gasteiger partial charge in [-0.2, -0.15) is 0 Å². The Bertz CT molecular complexity index is 886. The Kier molecular flexibility index (Phi) is 4.06. The van der Waals surface area contributed by atoms with Gasteiger partial charge in [0.05, 0.1) is 18.2 Å². The van der Waals surface area contributed by atoms with Crippen molar-refractivity contribution in [3.05, 3.63) is 77.9 Å². The van der Waals surface area contributed by atoms with Crippen LogP contribution in [0.5, 0.6) is 0 Å². The molecule has 0 heterocycles. The van der Waals surface area contributed by atoms with Gasteiger partial charge in [-0.1, -0.05) is 42.5 Å². The van der Waals surface area contributed by atoms with E-state index in [0.717, 1.165) is 10.8 Å². The van der Waals surface area contributed by atoms with Crippen LogP contribution in [-0.4, -0.2) is 19.0 Å². The van der Waals surface area contributed by atoms with E-state index in [9.17, 15) is 9.59 Å². The summed E-state index contributed by atoms with van der Waals surface area (Å²) in [5.74, 6) is -0.879. The predicted octanol–water partition coefficient (Wildman–Crippen LogP) is 3.88. The third kappa shape index (κ3) is 3.06. The number of fused-ring (bicyclic) bond motifs is 1. The highest BCUT2D eigenvalue weighted by Gasteiger charge is 2.17. The lowest BCUT2D eigenvalue weighted by atomic mass is 10.1. The molecule has 0 aliphatic rings. The Morgan fingerprint density at radius 2 is 1.48 bits per heavy atom. The number of carbonyl (C=O) groups is 2. The largest absolute Gasteiger partial charge is 0.465 e. The van der Waals surface area contributed by atoms with Crippen molar-refractivity contribution in [2.75, 3.05) is 12.4 Å². The second-order valence-electron chi connectivity index (χ2n) is 5.05. The monoisotopic (exact) mass is 305 g/mol. The van der Waals surface area contributed by atoms with Crippen molar-refractivity contribution in [3.63, 3.8) is 0 Å². The number of carbonyl (C=O) groups excluding carboxylic acids is 2. The van der Waals surface area contributed by atoms with E-state index in [1.165, 1.54) is 7.11 Å². The van der Waals surface area contributed by atoms with Crippen molar-refractivity contribution in [3.8, 4) is 0 Å². The third-order valence-corrected chi connectivity index (χ3v) is 3.58. The van der Waals surface area contributed by atoms with Crippen LogP contribution in [0.2, 0.25) is 0 Å². The smallest absolute Gasteiger partial charge is 0.338 e. The first-order chi connectivity index (χ1) is 11.2. The van der Waals surface area contributed by atoms with Crippen LogP contribution in [-0.2, 0) is 4.74 Å². The highest BCUT2D eigenvalue weighted by molar-refractivity contribution is 6.11. The number of ether oxygens (including phenoxy) is 1. The second-order valence-corrected chi connectivity index (χ2v) is 5.05. The standard InChI is InChI=1S/C19H15NO3/c1-23-19(22)17-9-5-4-8-16(17)18(21)20-15-11-10-13-6-2-3-7-14(13)12-15/h2-12H,1H3,(H,20,21). The lowest BCUT2D eigenvalue weighted by molar-refractivity contribution is 0.0597. The molecular weight excluding hydrogens is 290 g/mol. The lowest BCUT2D eigenvalue weighted by Gasteiger charge is -2.09.